The second-order valence-corrected chi connectivity index (χ2v) is 5.36. The Kier molecular flexibility index (Phi) is 3.43. The summed E-state index contributed by atoms with van der Waals surface area (Å²) >= 11 is 0. The summed E-state index contributed by atoms with van der Waals surface area (Å²) in [5.41, 5.74) is 10.1. The Morgan fingerprint density at radius 2 is 1.59 bits per heavy atom. The molecule has 1 fully saturated rings. The molecule has 2 heteroatoms. The molecule has 2 nitrogen and oxygen atoms in total. The standard InChI is InChI=1S/C15H23NO/c1-11-9-13(10-12(2)14(11)17-3)15(16)7-5-4-6-8-15/h9-10H,4-8,16H2,1-3H3. The number of hydrogen-bond donors (Lipinski definition) is 1. The molecule has 0 atom stereocenters. The van der Waals surface area contributed by atoms with E-state index in [0.29, 0.717) is 0 Å². The van der Waals surface area contributed by atoms with Gasteiger partial charge in [-0.2, -0.15) is 0 Å². The van der Waals surface area contributed by atoms with Crippen molar-refractivity contribution in [3.8, 4) is 5.75 Å². The summed E-state index contributed by atoms with van der Waals surface area (Å²) in [6, 6.07) is 4.41. The molecule has 17 heavy (non-hydrogen) atoms. The van der Waals surface area contributed by atoms with E-state index in [9.17, 15) is 0 Å². The average molecular weight is 233 g/mol. The Labute approximate surface area is 104 Å². The van der Waals surface area contributed by atoms with E-state index in [0.717, 1.165) is 18.6 Å². The van der Waals surface area contributed by atoms with Crippen molar-refractivity contribution in [2.45, 2.75) is 51.5 Å². The van der Waals surface area contributed by atoms with Gasteiger partial charge < -0.3 is 10.5 Å². The van der Waals surface area contributed by atoms with E-state index in [1.165, 1.54) is 36.0 Å². The molecule has 0 saturated heterocycles. The topological polar surface area (TPSA) is 35.2 Å². The Balaban J connectivity index is 2.39. The van der Waals surface area contributed by atoms with Crippen LogP contribution in [0.15, 0.2) is 12.1 Å². The van der Waals surface area contributed by atoms with Crippen LogP contribution in [0.3, 0.4) is 0 Å². The number of ether oxygens (including phenoxy) is 1. The fourth-order valence-corrected chi connectivity index (χ4v) is 3.03. The van der Waals surface area contributed by atoms with Crippen molar-refractivity contribution in [2.75, 3.05) is 7.11 Å². The molecule has 0 radical (unpaired) electrons. The van der Waals surface area contributed by atoms with Gasteiger partial charge in [0.1, 0.15) is 5.75 Å². The summed E-state index contributed by atoms with van der Waals surface area (Å²) in [7, 11) is 1.73. The third-order valence-corrected chi connectivity index (χ3v) is 3.99. The molecule has 0 amide bonds. The van der Waals surface area contributed by atoms with Crippen molar-refractivity contribution in [3.05, 3.63) is 28.8 Å². The van der Waals surface area contributed by atoms with E-state index in [1.807, 2.05) is 0 Å². The van der Waals surface area contributed by atoms with Crippen LogP contribution in [0.5, 0.6) is 5.75 Å². The van der Waals surface area contributed by atoms with Gasteiger partial charge in [0.25, 0.3) is 0 Å². The van der Waals surface area contributed by atoms with Gasteiger partial charge in [-0.05, 0) is 43.4 Å². The molecule has 0 bridgehead atoms. The van der Waals surface area contributed by atoms with Crippen LogP contribution in [-0.4, -0.2) is 7.11 Å². The predicted octanol–water partition coefficient (Wildman–Crippen LogP) is 3.43. The van der Waals surface area contributed by atoms with Crippen molar-refractivity contribution in [2.24, 2.45) is 5.73 Å². The molecule has 0 heterocycles. The van der Waals surface area contributed by atoms with Gasteiger partial charge in [-0.1, -0.05) is 31.4 Å². The first-order valence-electron chi connectivity index (χ1n) is 6.51. The van der Waals surface area contributed by atoms with Crippen LogP contribution < -0.4 is 10.5 Å². The lowest BCUT2D eigenvalue weighted by molar-refractivity contribution is 0.301. The van der Waals surface area contributed by atoms with Crippen LogP contribution in [0, 0.1) is 13.8 Å². The lowest BCUT2D eigenvalue weighted by atomic mass is 9.76. The molecular weight excluding hydrogens is 210 g/mol. The third-order valence-electron chi connectivity index (χ3n) is 3.99. The summed E-state index contributed by atoms with van der Waals surface area (Å²) < 4.78 is 5.41. The predicted molar refractivity (Wildman–Crippen MR) is 71.4 cm³/mol. The van der Waals surface area contributed by atoms with Crippen LogP contribution >= 0.6 is 0 Å². The van der Waals surface area contributed by atoms with E-state index >= 15 is 0 Å². The summed E-state index contributed by atoms with van der Waals surface area (Å²) in [4.78, 5) is 0. The third kappa shape index (κ3) is 2.32. The van der Waals surface area contributed by atoms with Crippen LogP contribution in [0.25, 0.3) is 0 Å². The molecule has 1 aromatic rings. The molecule has 0 spiro atoms. The zero-order valence-corrected chi connectivity index (χ0v) is 11.2. The van der Waals surface area contributed by atoms with Crippen molar-refractivity contribution < 1.29 is 4.74 Å². The molecule has 94 valence electrons. The highest BCUT2D eigenvalue weighted by Crippen LogP contribution is 2.37. The van der Waals surface area contributed by atoms with Gasteiger partial charge in [-0.3, -0.25) is 0 Å². The minimum Gasteiger partial charge on any atom is -0.496 e. The molecule has 1 saturated carbocycles. The van der Waals surface area contributed by atoms with Crippen LogP contribution in [0.1, 0.15) is 48.8 Å². The SMILES string of the molecule is COc1c(C)cc(C2(N)CCCCC2)cc1C. The summed E-state index contributed by atoms with van der Waals surface area (Å²) in [5, 5.41) is 0. The second kappa shape index (κ2) is 4.69. The largest absolute Gasteiger partial charge is 0.496 e. The van der Waals surface area contributed by atoms with E-state index in [4.69, 9.17) is 10.5 Å². The number of nitrogens with two attached hydrogens (primary N) is 1. The summed E-state index contributed by atoms with van der Waals surface area (Å²) in [6.45, 7) is 4.20. The van der Waals surface area contributed by atoms with Crippen molar-refractivity contribution in [3.63, 3.8) is 0 Å². The molecule has 0 unspecified atom stereocenters. The zero-order valence-electron chi connectivity index (χ0n) is 11.2. The number of rotatable bonds is 2. The molecule has 2 N–H and O–H groups in total. The molecule has 0 aliphatic heterocycles. The minimum absolute atomic E-state index is 0.111. The highest BCUT2D eigenvalue weighted by Gasteiger charge is 2.30. The Hall–Kier alpha value is -1.02. The normalized spacial score (nSPS) is 19.1. The zero-order chi connectivity index (χ0) is 12.5. The van der Waals surface area contributed by atoms with Gasteiger partial charge in [0.15, 0.2) is 0 Å². The lowest BCUT2D eigenvalue weighted by Gasteiger charge is -2.34. The second-order valence-electron chi connectivity index (χ2n) is 5.36. The summed E-state index contributed by atoms with van der Waals surface area (Å²) in [5.74, 6) is 0.994. The highest BCUT2D eigenvalue weighted by molar-refractivity contribution is 5.45. The van der Waals surface area contributed by atoms with E-state index in [2.05, 4.69) is 26.0 Å². The fourth-order valence-electron chi connectivity index (χ4n) is 3.03. The Morgan fingerprint density at radius 3 is 2.06 bits per heavy atom. The molecular formula is C15H23NO. The molecule has 1 aliphatic carbocycles. The number of aryl methyl sites for hydroxylation is 2. The average Bonchev–Trinajstić information content (AvgIpc) is 2.29. The maximum atomic E-state index is 6.57. The van der Waals surface area contributed by atoms with Crippen molar-refractivity contribution >= 4 is 0 Å². The van der Waals surface area contributed by atoms with Crippen LogP contribution in [0.2, 0.25) is 0 Å². The first kappa shape index (κ1) is 12.4. The van der Waals surface area contributed by atoms with Gasteiger partial charge in [0, 0.05) is 5.54 Å². The van der Waals surface area contributed by atoms with Crippen molar-refractivity contribution in [1.29, 1.82) is 0 Å². The highest BCUT2D eigenvalue weighted by atomic mass is 16.5. The maximum absolute atomic E-state index is 6.57. The quantitative estimate of drug-likeness (QED) is 0.849. The first-order valence-corrected chi connectivity index (χ1v) is 6.51. The van der Waals surface area contributed by atoms with Crippen molar-refractivity contribution in [1.82, 2.24) is 0 Å². The van der Waals surface area contributed by atoms with Gasteiger partial charge in [0.05, 0.1) is 7.11 Å². The fraction of sp³-hybridized carbons (Fsp3) is 0.600. The smallest absolute Gasteiger partial charge is 0.124 e. The van der Waals surface area contributed by atoms with E-state index in [1.54, 1.807) is 7.11 Å². The Morgan fingerprint density at radius 1 is 1.06 bits per heavy atom. The Bertz CT molecular complexity index is 382. The monoisotopic (exact) mass is 233 g/mol. The van der Waals surface area contributed by atoms with Crippen LogP contribution in [-0.2, 0) is 5.54 Å². The van der Waals surface area contributed by atoms with Gasteiger partial charge >= 0.3 is 0 Å². The van der Waals surface area contributed by atoms with E-state index < -0.39 is 0 Å². The van der Waals surface area contributed by atoms with Gasteiger partial charge in [-0.25, -0.2) is 0 Å². The minimum atomic E-state index is -0.111. The van der Waals surface area contributed by atoms with Gasteiger partial charge in [0.2, 0.25) is 0 Å². The molecule has 0 aromatic heterocycles. The van der Waals surface area contributed by atoms with E-state index in [-0.39, 0.29) is 5.54 Å². The first-order chi connectivity index (χ1) is 8.07. The number of benzene rings is 1. The maximum Gasteiger partial charge on any atom is 0.124 e. The number of hydrogen-bond acceptors (Lipinski definition) is 2. The number of methoxy groups -OCH3 is 1. The molecule has 2 rings (SSSR count). The lowest BCUT2D eigenvalue weighted by Crippen LogP contribution is -2.38. The van der Waals surface area contributed by atoms with Gasteiger partial charge in [-0.15, -0.1) is 0 Å². The molecule has 1 aliphatic rings. The summed E-state index contributed by atoms with van der Waals surface area (Å²) in [6.07, 6.45) is 6.05. The molecule has 1 aromatic carbocycles. The van der Waals surface area contributed by atoms with Crippen LogP contribution in [0.4, 0.5) is 0 Å².